The number of aromatic nitrogens is 3. The maximum absolute atomic E-state index is 12.1. The van der Waals surface area contributed by atoms with Gasteiger partial charge in [-0.1, -0.05) is 6.07 Å². The summed E-state index contributed by atoms with van der Waals surface area (Å²) in [6, 6.07) is 7.03. The Bertz CT molecular complexity index is 826. The van der Waals surface area contributed by atoms with Gasteiger partial charge in [-0.05, 0) is 23.6 Å². The Kier molecular flexibility index (Phi) is 3.74. The molecular weight excluding hydrogens is 288 g/mol. The number of thiophene rings is 1. The number of pyridine rings is 1. The largest absolute Gasteiger partial charge is 0.311 e. The van der Waals surface area contributed by atoms with E-state index in [9.17, 15) is 9.59 Å². The van der Waals surface area contributed by atoms with E-state index in [1.807, 2.05) is 5.38 Å². The van der Waals surface area contributed by atoms with Crippen molar-refractivity contribution < 1.29 is 4.79 Å². The molecule has 0 bridgehead atoms. The Morgan fingerprint density at radius 3 is 3.00 bits per heavy atom. The number of anilines is 1. The third kappa shape index (κ3) is 2.97. The molecule has 0 radical (unpaired) electrons. The van der Waals surface area contributed by atoms with Gasteiger partial charge in [0.05, 0.1) is 11.7 Å². The van der Waals surface area contributed by atoms with E-state index in [0.717, 1.165) is 0 Å². The second-order valence-electron chi connectivity index (χ2n) is 4.40. The third-order valence-electron chi connectivity index (χ3n) is 2.96. The van der Waals surface area contributed by atoms with Crippen LogP contribution in [0.1, 0.15) is 6.42 Å². The number of carbonyl (C=O) groups excluding carboxylic acids is 1. The van der Waals surface area contributed by atoms with Gasteiger partial charge < -0.3 is 5.32 Å². The van der Waals surface area contributed by atoms with Crippen LogP contribution in [-0.4, -0.2) is 20.4 Å². The summed E-state index contributed by atoms with van der Waals surface area (Å²) in [5.41, 5.74) is -0.119. The van der Waals surface area contributed by atoms with Crippen LogP contribution in [0.3, 0.4) is 0 Å². The van der Waals surface area contributed by atoms with Gasteiger partial charge in [0, 0.05) is 19.2 Å². The molecule has 3 heterocycles. The van der Waals surface area contributed by atoms with E-state index < -0.39 is 0 Å². The molecule has 106 valence electrons. The van der Waals surface area contributed by atoms with Crippen LogP contribution in [0.5, 0.6) is 0 Å². The first-order valence-electron chi connectivity index (χ1n) is 6.37. The van der Waals surface area contributed by atoms with Crippen molar-refractivity contribution in [2.45, 2.75) is 13.0 Å². The molecule has 0 saturated heterocycles. The molecule has 0 saturated carbocycles. The highest BCUT2D eigenvalue weighted by atomic mass is 32.1. The number of fused-ring (bicyclic) bond motifs is 1. The Balaban J connectivity index is 1.67. The Labute approximate surface area is 124 Å². The molecule has 21 heavy (non-hydrogen) atoms. The van der Waals surface area contributed by atoms with E-state index in [2.05, 4.69) is 15.3 Å². The average Bonchev–Trinajstić information content (AvgIpc) is 2.97. The molecule has 3 aromatic rings. The van der Waals surface area contributed by atoms with Gasteiger partial charge in [0.25, 0.3) is 5.56 Å². The molecule has 7 heteroatoms. The van der Waals surface area contributed by atoms with Crippen LogP contribution < -0.4 is 10.9 Å². The molecule has 3 rings (SSSR count). The summed E-state index contributed by atoms with van der Waals surface area (Å²) in [5.74, 6) is 0.312. The molecule has 0 aliphatic carbocycles. The van der Waals surface area contributed by atoms with Crippen LogP contribution in [0, 0.1) is 0 Å². The summed E-state index contributed by atoms with van der Waals surface area (Å²) in [7, 11) is 0. The fraction of sp³-hybridized carbons (Fsp3) is 0.143. The summed E-state index contributed by atoms with van der Waals surface area (Å²) in [4.78, 5) is 32.9. The molecular formula is C14H12N4O2S. The van der Waals surface area contributed by atoms with E-state index in [1.54, 1.807) is 30.5 Å². The topological polar surface area (TPSA) is 76.9 Å². The van der Waals surface area contributed by atoms with Gasteiger partial charge in [0.1, 0.15) is 10.6 Å². The number of nitrogens with one attached hydrogen (secondary N) is 1. The van der Waals surface area contributed by atoms with E-state index in [0.29, 0.717) is 16.0 Å². The van der Waals surface area contributed by atoms with Crippen LogP contribution >= 0.6 is 11.3 Å². The van der Waals surface area contributed by atoms with E-state index in [4.69, 9.17) is 0 Å². The van der Waals surface area contributed by atoms with Crippen LogP contribution in [0.25, 0.3) is 10.2 Å². The van der Waals surface area contributed by atoms with Crippen molar-refractivity contribution in [3.8, 4) is 0 Å². The van der Waals surface area contributed by atoms with Gasteiger partial charge in [-0.15, -0.1) is 11.3 Å². The lowest BCUT2D eigenvalue weighted by Gasteiger charge is -2.06. The highest BCUT2D eigenvalue weighted by Gasteiger charge is 2.07. The highest BCUT2D eigenvalue weighted by Crippen LogP contribution is 2.13. The molecule has 0 spiro atoms. The minimum absolute atomic E-state index is 0.119. The molecule has 6 nitrogen and oxygen atoms in total. The van der Waals surface area contributed by atoms with Crippen molar-refractivity contribution in [1.29, 1.82) is 0 Å². The second-order valence-corrected chi connectivity index (χ2v) is 5.29. The van der Waals surface area contributed by atoms with Crippen molar-refractivity contribution in [2.24, 2.45) is 0 Å². The van der Waals surface area contributed by atoms with Crippen LogP contribution in [0.4, 0.5) is 5.82 Å². The molecule has 1 N–H and O–H groups in total. The number of nitrogens with zero attached hydrogens (tertiary/aromatic N) is 3. The summed E-state index contributed by atoms with van der Waals surface area (Å²) in [5, 5.41) is 5.10. The monoisotopic (exact) mass is 300 g/mol. The zero-order chi connectivity index (χ0) is 14.7. The molecule has 0 aromatic carbocycles. The maximum Gasteiger partial charge on any atom is 0.262 e. The number of carbonyl (C=O) groups is 1. The SMILES string of the molecule is O=C(CCn1cnc2sccc2c1=O)Nc1ccccn1. The minimum atomic E-state index is -0.189. The first-order valence-corrected chi connectivity index (χ1v) is 7.25. The van der Waals surface area contributed by atoms with E-state index in [1.165, 1.54) is 22.2 Å². The number of aryl methyl sites for hydroxylation is 1. The van der Waals surface area contributed by atoms with Crippen LogP contribution in [0.15, 0.2) is 47.0 Å². The zero-order valence-corrected chi connectivity index (χ0v) is 11.8. The predicted octanol–water partition coefficient (Wildman–Crippen LogP) is 1.88. The number of hydrogen-bond donors (Lipinski definition) is 1. The van der Waals surface area contributed by atoms with E-state index in [-0.39, 0.29) is 24.4 Å². The van der Waals surface area contributed by atoms with Gasteiger partial charge in [-0.2, -0.15) is 0 Å². The Hall–Kier alpha value is -2.54. The van der Waals surface area contributed by atoms with Crippen molar-refractivity contribution in [1.82, 2.24) is 14.5 Å². The Morgan fingerprint density at radius 1 is 1.29 bits per heavy atom. The summed E-state index contributed by atoms with van der Waals surface area (Å²) in [6.07, 6.45) is 3.28. The normalized spacial score (nSPS) is 10.7. The van der Waals surface area contributed by atoms with Gasteiger partial charge >= 0.3 is 0 Å². The number of amides is 1. The average molecular weight is 300 g/mol. The third-order valence-corrected chi connectivity index (χ3v) is 3.78. The minimum Gasteiger partial charge on any atom is -0.311 e. The lowest BCUT2D eigenvalue weighted by atomic mass is 10.3. The number of hydrogen-bond acceptors (Lipinski definition) is 5. The fourth-order valence-electron chi connectivity index (χ4n) is 1.92. The second kappa shape index (κ2) is 5.84. The van der Waals surface area contributed by atoms with Gasteiger partial charge in [0.15, 0.2) is 0 Å². The van der Waals surface area contributed by atoms with Crippen molar-refractivity contribution in [3.63, 3.8) is 0 Å². The lowest BCUT2D eigenvalue weighted by Crippen LogP contribution is -2.23. The summed E-state index contributed by atoms with van der Waals surface area (Å²) < 4.78 is 1.45. The molecule has 1 amide bonds. The molecule has 3 aromatic heterocycles. The maximum atomic E-state index is 12.1. The molecule has 0 unspecified atom stereocenters. The molecule has 0 fully saturated rings. The smallest absolute Gasteiger partial charge is 0.262 e. The zero-order valence-electron chi connectivity index (χ0n) is 11.0. The molecule has 0 aliphatic heterocycles. The predicted molar refractivity (Wildman–Crippen MR) is 81.4 cm³/mol. The summed E-state index contributed by atoms with van der Waals surface area (Å²) in [6.45, 7) is 0.288. The standard InChI is InChI=1S/C14H12N4O2S/c19-12(17-11-3-1-2-6-15-11)4-7-18-9-16-13-10(14(18)20)5-8-21-13/h1-3,5-6,8-9H,4,7H2,(H,15,17,19). The lowest BCUT2D eigenvalue weighted by molar-refractivity contribution is -0.116. The van der Waals surface area contributed by atoms with Gasteiger partial charge in [-0.25, -0.2) is 9.97 Å². The Morgan fingerprint density at radius 2 is 2.19 bits per heavy atom. The van der Waals surface area contributed by atoms with Crippen molar-refractivity contribution >= 4 is 33.3 Å². The fourth-order valence-corrected chi connectivity index (χ4v) is 2.64. The quantitative estimate of drug-likeness (QED) is 0.798. The summed E-state index contributed by atoms with van der Waals surface area (Å²) >= 11 is 1.42. The van der Waals surface area contributed by atoms with Crippen molar-refractivity contribution in [3.05, 3.63) is 52.5 Å². The molecule has 0 aliphatic rings. The first kappa shape index (κ1) is 13.4. The van der Waals surface area contributed by atoms with Crippen molar-refractivity contribution in [2.75, 3.05) is 5.32 Å². The number of rotatable bonds is 4. The van der Waals surface area contributed by atoms with Crippen LogP contribution in [0.2, 0.25) is 0 Å². The van der Waals surface area contributed by atoms with Crippen LogP contribution in [-0.2, 0) is 11.3 Å². The molecule has 0 atom stereocenters. The van der Waals surface area contributed by atoms with Gasteiger partial charge in [0.2, 0.25) is 5.91 Å². The highest BCUT2D eigenvalue weighted by molar-refractivity contribution is 7.16. The van der Waals surface area contributed by atoms with Gasteiger partial charge in [-0.3, -0.25) is 14.2 Å². The first-order chi connectivity index (χ1) is 10.2. The van der Waals surface area contributed by atoms with E-state index >= 15 is 0 Å².